The molecule has 33 heavy (non-hydrogen) atoms. The van der Waals surface area contributed by atoms with E-state index in [4.69, 9.17) is 5.73 Å². The highest BCUT2D eigenvalue weighted by atomic mass is 15.2. The molecule has 168 valence electrons. The van der Waals surface area contributed by atoms with Gasteiger partial charge in [0.15, 0.2) is 0 Å². The lowest BCUT2D eigenvalue weighted by molar-refractivity contribution is 0.356. The van der Waals surface area contributed by atoms with E-state index >= 15 is 0 Å². The van der Waals surface area contributed by atoms with Gasteiger partial charge in [-0.1, -0.05) is 13.0 Å². The Balaban J connectivity index is 1.91. The van der Waals surface area contributed by atoms with Crippen molar-refractivity contribution in [1.82, 2.24) is 4.98 Å². The van der Waals surface area contributed by atoms with Crippen LogP contribution in [0.25, 0.3) is 17.2 Å². The molecule has 1 aromatic heterocycles. The van der Waals surface area contributed by atoms with Crippen molar-refractivity contribution in [2.75, 3.05) is 10.6 Å². The third-order valence-electron chi connectivity index (χ3n) is 7.11. The van der Waals surface area contributed by atoms with E-state index in [1.54, 1.807) is 0 Å². The molecule has 0 saturated carbocycles. The average molecular weight is 438 g/mol. The minimum Gasteiger partial charge on any atom is -0.383 e. The number of hydrogen-bond acceptors (Lipinski definition) is 5. The summed E-state index contributed by atoms with van der Waals surface area (Å²) < 4.78 is 0. The van der Waals surface area contributed by atoms with Crippen molar-refractivity contribution in [1.29, 1.82) is 10.5 Å². The lowest BCUT2D eigenvalue weighted by atomic mass is 9.78. The SMILES string of the molecule is CC1=C(C#N)c2nc(N)c(C#N)c(C)c2/C1=C\c1ccc2c(c1)[C@@H](C)CC(C)(C)N2C(C)C. The van der Waals surface area contributed by atoms with Crippen molar-refractivity contribution >= 4 is 28.7 Å². The van der Waals surface area contributed by atoms with Crippen molar-refractivity contribution < 1.29 is 0 Å². The average Bonchev–Trinajstić information content (AvgIpc) is 2.98. The van der Waals surface area contributed by atoms with Gasteiger partial charge in [0.25, 0.3) is 0 Å². The van der Waals surface area contributed by atoms with Crippen LogP contribution < -0.4 is 10.6 Å². The van der Waals surface area contributed by atoms with Crippen LogP contribution in [-0.4, -0.2) is 16.6 Å². The van der Waals surface area contributed by atoms with Crippen LogP contribution in [0.2, 0.25) is 0 Å². The summed E-state index contributed by atoms with van der Waals surface area (Å²) in [7, 11) is 0. The molecular formula is C28H31N5. The quantitative estimate of drug-likeness (QED) is 0.604. The number of nitrogens with zero attached hydrogens (tertiary/aromatic N) is 4. The first-order chi connectivity index (χ1) is 15.5. The number of nitrogen functional groups attached to an aromatic ring is 1. The fourth-order valence-electron chi connectivity index (χ4n) is 5.90. The highest BCUT2D eigenvalue weighted by molar-refractivity contribution is 6.08. The summed E-state index contributed by atoms with van der Waals surface area (Å²) >= 11 is 0. The third kappa shape index (κ3) is 3.40. The standard InChI is InChI=1S/C28H31N5/c1-15(2)33-24-9-8-19(10-20(24)16(3)12-28(33,6)7)11-21-17(4)22(13-29)26-25(21)18(5)23(14-30)27(31)32-26/h8-11,15-16H,12H2,1-7H3,(H2,31,32)/b21-11-/t16-/m0/s1. The van der Waals surface area contributed by atoms with Gasteiger partial charge in [0.2, 0.25) is 0 Å². The maximum atomic E-state index is 9.81. The first-order valence-electron chi connectivity index (χ1n) is 11.5. The lowest BCUT2D eigenvalue weighted by Gasteiger charge is -2.50. The summed E-state index contributed by atoms with van der Waals surface area (Å²) in [6.07, 6.45) is 3.21. The minimum atomic E-state index is 0.0996. The topological polar surface area (TPSA) is 89.7 Å². The molecule has 1 aliphatic heterocycles. The number of benzene rings is 1. The van der Waals surface area contributed by atoms with E-state index in [9.17, 15) is 10.5 Å². The Kier molecular flexibility index (Phi) is 5.33. The molecule has 1 atom stereocenters. The number of aromatic nitrogens is 1. The van der Waals surface area contributed by atoms with Crippen LogP contribution >= 0.6 is 0 Å². The first kappa shape index (κ1) is 22.6. The predicted octanol–water partition coefficient (Wildman–Crippen LogP) is 6.20. The molecule has 0 saturated heterocycles. The van der Waals surface area contributed by atoms with Gasteiger partial charge in [-0.15, -0.1) is 0 Å². The maximum absolute atomic E-state index is 9.81. The number of fused-ring (bicyclic) bond motifs is 2. The van der Waals surface area contributed by atoms with Crippen molar-refractivity contribution in [3.63, 3.8) is 0 Å². The lowest BCUT2D eigenvalue weighted by Crippen LogP contribution is -2.51. The van der Waals surface area contributed by atoms with Gasteiger partial charge in [0, 0.05) is 22.8 Å². The first-order valence-corrected chi connectivity index (χ1v) is 11.5. The fourth-order valence-corrected chi connectivity index (χ4v) is 5.90. The van der Waals surface area contributed by atoms with E-state index in [2.05, 4.69) is 80.9 Å². The van der Waals surface area contributed by atoms with E-state index in [-0.39, 0.29) is 11.4 Å². The van der Waals surface area contributed by atoms with E-state index < -0.39 is 0 Å². The van der Waals surface area contributed by atoms with Gasteiger partial charge in [-0.25, -0.2) is 4.98 Å². The summed E-state index contributed by atoms with van der Waals surface area (Å²) in [6, 6.07) is 11.5. The van der Waals surface area contributed by atoms with E-state index in [0.717, 1.165) is 34.3 Å². The van der Waals surface area contributed by atoms with Crippen molar-refractivity contribution in [3.8, 4) is 12.1 Å². The van der Waals surface area contributed by atoms with Crippen LogP contribution in [0.4, 0.5) is 11.5 Å². The summed E-state index contributed by atoms with van der Waals surface area (Å²) in [5.74, 6) is 0.619. The molecule has 0 fully saturated rings. The molecule has 1 aliphatic carbocycles. The number of anilines is 2. The van der Waals surface area contributed by atoms with Gasteiger partial charge >= 0.3 is 0 Å². The van der Waals surface area contributed by atoms with Gasteiger partial charge in [-0.2, -0.15) is 10.5 Å². The Morgan fingerprint density at radius 3 is 2.52 bits per heavy atom. The van der Waals surface area contributed by atoms with Crippen LogP contribution in [0.15, 0.2) is 23.8 Å². The minimum absolute atomic E-state index is 0.0996. The summed E-state index contributed by atoms with van der Waals surface area (Å²) in [5, 5.41) is 19.4. The van der Waals surface area contributed by atoms with Gasteiger partial charge in [0.1, 0.15) is 18.0 Å². The van der Waals surface area contributed by atoms with E-state index in [1.165, 1.54) is 11.3 Å². The van der Waals surface area contributed by atoms with Crippen LogP contribution in [0.1, 0.15) is 87.4 Å². The molecule has 0 unspecified atom stereocenters. The van der Waals surface area contributed by atoms with Crippen molar-refractivity contribution in [3.05, 3.63) is 57.3 Å². The smallest absolute Gasteiger partial charge is 0.142 e. The molecule has 0 spiro atoms. The molecule has 5 nitrogen and oxygen atoms in total. The monoisotopic (exact) mass is 437 g/mol. The van der Waals surface area contributed by atoms with Gasteiger partial charge in [-0.05, 0) is 99.9 Å². The molecule has 2 aromatic rings. The number of nitrogens with two attached hydrogens (primary N) is 1. The second-order valence-corrected chi connectivity index (χ2v) is 10.2. The molecule has 5 heteroatoms. The number of pyridine rings is 1. The summed E-state index contributed by atoms with van der Waals surface area (Å²) in [5.41, 5.74) is 14.7. The summed E-state index contributed by atoms with van der Waals surface area (Å²) in [6.45, 7) is 15.3. The number of allylic oxidation sites excluding steroid dienone is 3. The third-order valence-corrected chi connectivity index (χ3v) is 7.11. The predicted molar refractivity (Wildman–Crippen MR) is 135 cm³/mol. The number of nitriles is 2. The Labute approximate surface area is 196 Å². The Morgan fingerprint density at radius 1 is 1.21 bits per heavy atom. The highest BCUT2D eigenvalue weighted by Crippen LogP contribution is 2.47. The molecule has 0 bridgehead atoms. The molecule has 2 N–H and O–H groups in total. The summed E-state index contributed by atoms with van der Waals surface area (Å²) in [4.78, 5) is 6.96. The normalized spacial score (nSPS) is 20.0. The second kappa shape index (κ2) is 7.78. The van der Waals surface area contributed by atoms with Crippen LogP contribution in [0, 0.1) is 29.6 Å². The zero-order valence-corrected chi connectivity index (χ0v) is 20.5. The van der Waals surface area contributed by atoms with Crippen LogP contribution in [-0.2, 0) is 0 Å². The van der Waals surface area contributed by atoms with Crippen LogP contribution in [0.3, 0.4) is 0 Å². The molecular weight excluding hydrogens is 406 g/mol. The van der Waals surface area contributed by atoms with Gasteiger partial charge in [0.05, 0.1) is 16.8 Å². The largest absolute Gasteiger partial charge is 0.383 e. The van der Waals surface area contributed by atoms with Crippen molar-refractivity contribution in [2.24, 2.45) is 0 Å². The van der Waals surface area contributed by atoms with Crippen molar-refractivity contribution in [2.45, 2.75) is 72.4 Å². The number of hydrogen-bond donors (Lipinski definition) is 1. The molecule has 2 aliphatic rings. The fraction of sp³-hybridized carbons (Fsp3) is 0.393. The molecule has 0 amide bonds. The Hall–Kier alpha value is -3.57. The Bertz CT molecular complexity index is 1310. The molecule has 4 rings (SSSR count). The molecule has 0 radical (unpaired) electrons. The second-order valence-electron chi connectivity index (χ2n) is 10.2. The number of rotatable bonds is 2. The molecule has 2 heterocycles. The van der Waals surface area contributed by atoms with E-state index in [0.29, 0.717) is 28.8 Å². The Morgan fingerprint density at radius 2 is 1.91 bits per heavy atom. The van der Waals surface area contributed by atoms with Gasteiger partial charge in [-0.3, -0.25) is 0 Å². The highest BCUT2D eigenvalue weighted by Gasteiger charge is 2.37. The zero-order valence-electron chi connectivity index (χ0n) is 20.5. The van der Waals surface area contributed by atoms with E-state index in [1.807, 2.05) is 13.8 Å². The maximum Gasteiger partial charge on any atom is 0.142 e. The van der Waals surface area contributed by atoms with Gasteiger partial charge < -0.3 is 10.6 Å². The molecule has 1 aromatic carbocycles. The zero-order chi connectivity index (χ0) is 24.2. The van der Waals surface area contributed by atoms with Crippen LogP contribution in [0.5, 0.6) is 0 Å².